The van der Waals surface area contributed by atoms with Gasteiger partial charge >= 0.3 is 0 Å². The summed E-state index contributed by atoms with van der Waals surface area (Å²) in [7, 11) is 1.66. The van der Waals surface area contributed by atoms with E-state index in [1.54, 1.807) is 24.7 Å². The van der Waals surface area contributed by atoms with Crippen LogP contribution in [0.4, 0.5) is 5.13 Å². The number of rotatable bonds is 5. The molecule has 0 unspecified atom stereocenters. The molecule has 3 rings (SSSR count). The largest absolute Gasteiger partial charge is 0.497 e. The Morgan fingerprint density at radius 1 is 1.09 bits per heavy atom. The van der Waals surface area contributed by atoms with Gasteiger partial charge in [-0.25, -0.2) is 4.98 Å². The number of hydrogen-bond donors (Lipinski definition) is 1. The highest BCUT2D eigenvalue weighted by atomic mass is 32.1. The maximum Gasteiger partial charge on any atom is 0.204 e. The van der Waals surface area contributed by atoms with Gasteiger partial charge in [0, 0.05) is 10.4 Å². The second-order valence-electron chi connectivity index (χ2n) is 4.93. The van der Waals surface area contributed by atoms with Crippen LogP contribution in [0.5, 0.6) is 5.75 Å². The van der Waals surface area contributed by atoms with Crippen LogP contribution in [0.3, 0.4) is 0 Å². The Balaban J connectivity index is 1.74. The summed E-state index contributed by atoms with van der Waals surface area (Å²) in [5.74, 6) is 0.840. The fourth-order valence-electron chi connectivity index (χ4n) is 2.16. The number of hydrazone groups is 1. The molecular weight excluding hydrogens is 306 g/mol. The molecule has 0 fully saturated rings. The summed E-state index contributed by atoms with van der Waals surface area (Å²) in [4.78, 5) is 5.77. The Labute approximate surface area is 139 Å². The van der Waals surface area contributed by atoms with E-state index >= 15 is 0 Å². The molecule has 1 N–H and O–H groups in total. The zero-order valence-corrected chi connectivity index (χ0v) is 13.8. The van der Waals surface area contributed by atoms with E-state index in [4.69, 9.17) is 4.74 Å². The first-order chi connectivity index (χ1) is 11.3. The van der Waals surface area contributed by atoms with E-state index in [2.05, 4.69) is 22.4 Å². The van der Waals surface area contributed by atoms with Gasteiger partial charge in [0.2, 0.25) is 5.13 Å². The molecule has 0 spiro atoms. The number of methoxy groups -OCH3 is 1. The summed E-state index contributed by atoms with van der Waals surface area (Å²) in [5.41, 5.74) is 6.08. The minimum absolute atomic E-state index is 0.778. The van der Waals surface area contributed by atoms with Gasteiger partial charge in [0.15, 0.2) is 0 Å². The van der Waals surface area contributed by atoms with Crippen molar-refractivity contribution >= 4 is 22.7 Å². The van der Waals surface area contributed by atoms with Crippen molar-refractivity contribution in [1.82, 2.24) is 4.98 Å². The lowest BCUT2D eigenvalue weighted by molar-refractivity contribution is 0.415. The number of ether oxygens (including phenoxy) is 1. The number of aryl methyl sites for hydroxylation is 1. The number of thiazole rings is 1. The molecular formula is C18H17N3OS. The van der Waals surface area contributed by atoms with Gasteiger partial charge in [0.05, 0.1) is 19.0 Å². The van der Waals surface area contributed by atoms with Gasteiger partial charge < -0.3 is 4.74 Å². The lowest BCUT2D eigenvalue weighted by atomic mass is 10.1. The zero-order valence-electron chi connectivity index (χ0n) is 13.0. The van der Waals surface area contributed by atoms with Gasteiger partial charge in [0.1, 0.15) is 5.75 Å². The zero-order chi connectivity index (χ0) is 16.1. The number of aromatic nitrogens is 1. The molecule has 4 nitrogen and oxygen atoms in total. The molecule has 23 heavy (non-hydrogen) atoms. The van der Waals surface area contributed by atoms with Crippen molar-refractivity contribution in [3.8, 4) is 17.0 Å². The molecule has 3 aromatic rings. The number of benzene rings is 2. The molecule has 0 radical (unpaired) electrons. The Hall–Kier alpha value is -2.66. The van der Waals surface area contributed by atoms with Crippen LogP contribution in [-0.4, -0.2) is 18.3 Å². The minimum Gasteiger partial charge on any atom is -0.497 e. The van der Waals surface area contributed by atoms with Gasteiger partial charge in [-0.3, -0.25) is 5.43 Å². The van der Waals surface area contributed by atoms with Crippen LogP contribution >= 0.6 is 11.3 Å². The number of nitrogens with one attached hydrogen (secondary N) is 1. The van der Waals surface area contributed by atoms with Crippen LogP contribution in [0.2, 0.25) is 0 Å². The number of nitrogens with zero attached hydrogens (tertiary/aromatic N) is 2. The summed E-state index contributed by atoms with van der Waals surface area (Å²) in [6, 6.07) is 17.9. The fourth-order valence-corrected chi connectivity index (χ4v) is 2.95. The minimum atomic E-state index is 0.778. The topological polar surface area (TPSA) is 46.5 Å². The average molecular weight is 323 g/mol. The van der Waals surface area contributed by atoms with E-state index in [-0.39, 0.29) is 0 Å². The second-order valence-corrected chi connectivity index (χ2v) is 6.14. The average Bonchev–Trinajstić information content (AvgIpc) is 2.97. The maximum atomic E-state index is 5.19. The summed E-state index contributed by atoms with van der Waals surface area (Å²) >= 11 is 1.59. The van der Waals surface area contributed by atoms with Gasteiger partial charge in [0.25, 0.3) is 0 Å². The van der Waals surface area contributed by atoms with E-state index in [1.165, 1.54) is 0 Å². The van der Waals surface area contributed by atoms with Crippen molar-refractivity contribution in [3.63, 3.8) is 0 Å². The highest BCUT2D eigenvalue weighted by molar-refractivity contribution is 7.15. The van der Waals surface area contributed by atoms with Crippen LogP contribution in [0.15, 0.2) is 59.7 Å². The molecule has 5 heteroatoms. The molecule has 2 aromatic carbocycles. The first kappa shape index (κ1) is 15.2. The summed E-state index contributed by atoms with van der Waals surface area (Å²) in [6.45, 7) is 2.06. The van der Waals surface area contributed by atoms with Crippen molar-refractivity contribution in [2.45, 2.75) is 6.92 Å². The van der Waals surface area contributed by atoms with Crippen LogP contribution in [0.1, 0.15) is 10.4 Å². The number of anilines is 1. The van der Waals surface area contributed by atoms with E-state index in [9.17, 15) is 0 Å². The van der Waals surface area contributed by atoms with E-state index in [0.717, 1.165) is 32.6 Å². The lowest BCUT2D eigenvalue weighted by Crippen LogP contribution is -1.90. The van der Waals surface area contributed by atoms with Crippen molar-refractivity contribution in [1.29, 1.82) is 0 Å². The van der Waals surface area contributed by atoms with Crippen molar-refractivity contribution < 1.29 is 4.74 Å². The second kappa shape index (κ2) is 7.07. The van der Waals surface area contributed by atoms with Gasteiger partial charge in [-0.2, -0.15) is 5.10 Å². The third kappa shape index (κ3) is 3.76. The van der Waals surface area contributed by atoms with Gasteiger partial charge in [-0.1, -0.05) is 30.3 Å². The third-order valence-corrected chi connectivity index (χ3v) is 4.21. The molecule has 0 aliphatic heterocycles. The SMILES string of the molecule is COc1ccc(-c2nc(N/N=C\c3ccccc3)sc2C)cc1. The number of hydrogen-bond acceptors (Lipinski definition) is 5. The predicted molar refractivity (Wildman–Crippen MR) is 96.5 cm³/mol. The Bertz CT molecular complexity index is 795. The fraction of sp³-hybridized carbons (Fsp3) is 0.111. The van der Waals surface area contributed by atoms with E-state index in [0.29, 0.717) is 0 Å². The Kier molecular flexibility index (Phi) is 4.68. The Morgan fingerprint density at radius 3 is 2.52 bits per heavy atom. The van der Waals surface area contributed by atoms with E-state index < -0.39 is 0 Å². The third-order valence-electron chi connectivity index (χ3n) is 3.33. The van der Waals surface area contributed by atoms with Crippen LogP contribution in [-0.2, 0) is 0 Å². The predicted octanol–water partition coefficient (Wildman–Crippen LogP) is 4.57. The van der Waals surface area contributed by atoms with E-state index in [1.807, 2.05) is 54.6 Å². The molecule has 0 saturated heterocycles. The molecule has 1 heterocycles. The molecule has 116 valence electrons. The van der Waals surface area contributed by atoms with Crippen LogP contribution in [0.25, 0.3) is 11.3 Å². The maximum absolute atomic E-state index is 5.19. The van der Waals surface area contributed by atoms with Crippen molar-refractivity contribution in [2.75, 3.05) is 12.5 Å². The molecule has 0 aliphatic rings. The normalized spacial score (nSPS) is 10.9. The first-order valence-corrected chi connectivity index (χ1v) is 8.04. The smallest absolute Gasteiger partial charge is 0.204 e. The quantitative estimate of drug-likeness (QED) is 0.552. The highest BCUT2D eigenvalue weighted by Gasteiger charge is 2.09. The van der Waals surface area contributed by atoms with Crippen molar-refractivity contribution in [2.24, 2.45) is 5.10 Å². The van der Waals surface area contributed by atoms with Crippen molar-refractivity contribution in [3.05, 3.63) is 65.0 Å². The summed E-state index contributed by atoms with van der Waals surface area (Å²) in [6.07, 6.45) is 1.78. The standard InChI is InChI=1S/C18H17N3OS/c1-13-17(15-8-10-16(22-2)11-9-15)20-18(23-13)21-19-12-14-6-4-3-5-7-14/h3-12H,1-2H3,(H,20,21)/b19-12-. The van der Waals surface area contributed by atoms with Crippen LogP contribution < -0.4 is 10.2 Å². The van der Waals surface area contributed by atoms with Gasteiger partial charge in [-0.15, -0.1) is 11.3 Å². The molecule has 1 aromatic heterocycles. The van der Waals surface area contributed by atoms with Gasteiger partial charge in [-0.05, 0) is 36.8 Å². The van der Waals surface area contributed by atoms with Crippen LogP contribution in [0, 0.1) is 6.92 Å². The Morgan fingerprint density at radius 2 is 1.83 bits per heavy atom. The lowest BCUT2D eigenvalue weighted by Gasteiger charge is -2.01. The monoisotopic (exact) mass is 323 g/mol. The summed E-state index contributed by atoms with van der Waals surface area (Å²) in [5, 5.41) is 5.02. The molecule has 0 atom stereocenters. The first-order valence-electron chi connectivity index (χ1n) is 7.22. The highest BCUT2D eigenvalue weighted by Crippen LogP contribution is 2.31. The molecule has 0 amide bonds. The molecule has 0 bridgehead atoms. The molecule has 0 aliphatic carbocycles. The summed E-state index contributed by atoms with van der Waals surface area (Å²) < 4.78 is 5.19. The molecule has 0 saturated carbocycles.